The number of aryl methyl sites for hydroxylation is 1. The highest BCUT2D eigenvalue weighted by atomic mass is 35.5. The van der Waals surface area contributed by atoms with Crippen LogP contribution in [-0.4, -0.2) is 12.3 Å². The number of fused-ring (bicyclic) bond motifs is 3. The molecule has 0 amide bonds. The lowest BCUT2D eigenvalue weighted by molar-refractivity contribution is 0.639. The molecule has 1 unspecified atom stereocenters. The third kappa shape index (κ3) is 1.66. The Balaban J connectivity index is 2.15. The van der Waals surface area contributed by atoms with Crippen LogP contribution in [0.15, 0.2) is 17.1 Å². The van der Waals surface area contributed by atoms with Gasteiger partial charge in [0, 0.05) is 28.2 Å². The van der Waals surface area contributed by atoms with E-state index in [1.54, 1.807) is 0 Å². The summed E-state index contributed by atoms with van der Waals surface area (Å²) in [6, 6.07) is 3.92. The second-order valence-corrected chi connectivity index (χ2v) is 5.37. The van der Waals surface area contributed by atoms with E-state index < -0.39 is 0 Å². The van der Waals surface area contributed by atoms with Crippen LogP contribution in [0.3, 0.4) is 0 Å². The maximum atomic E-state index is 6.33. The summed E-state index contributed by atoms with van der Waals surface area (Å²) in [5.41, 5.74) is 3.96. The Labute approximate surface area is 105 Å². The first kappa shape index (κ1) is 10.6. The zero-order chi connectivity index (χ0) is 11.1. The lowest BCUT2D eigenvalue weighted by Crippen LogP contribution is -2.24. The van der Waals surface area contributed by atoms with Crippen molar-refractivity contribution in [1.82, 2.24) is 0 Å². The zero-order valence-electron chi connectivity index (χ0n) is 8.97. The maximum Gasteiger partial charge on any atom is 0.0462 e. The normalized spacial score (nSPS) is 23.4. The number of hydrogen-bond donors (Lipinski definition) is 0. The zero-order valence-corrected chi connectivity index (χ0v) is 10.5. The van der Waals surface area contributed by atoms with Gasteiger partial charge in [0.25, 0.3) is 0 Å². The molecule has 0 spiro atoms. The standard InChI is InChI=1S/C13H13Cl2N/c14-9-6-8-3-4-12-10(2-1-5-16-12)13(8)11(15)7-9/h6-7,10H,1-5H2. The van der Waals surface area contributed by atoms with E-state index in [1.807, 2.05) is 6.07 Å². The molecule has 0 bridgehead atoms. The van der Waals surface area contributed by atoms with Crippen molar-refractivity contribution >= 4 is 28.9 Å². The number of aliphatic imine (C=N–C) groups is 1. The third-order valence-electron chi connectivity index (χ3n) is 3.55. The van der Waals surface area contributed by atoms with Crippen LogP contribution in [0, 0.1) is 0 Å². The van der Waals surface area contributed by atoms with Gasteiger partial charge in [0.1, 0.15) is 0 Å². The lowest BCUT2D eigenvalue weighted by Gasteiger charge is -2.31. The van der Waals surface area contributed by atoms with Crippen LogP contribution < -0.4 is 0 Å². The Bertz CT molecular complexity index is 465. The van der Waals surface area contributed by atoms with Gasteiger partial charge in [0.2, 0.25) is 0 Å². The molecule has 1 atom stereocenters. The summed E-state index contributed by atoms with van der Waals surface area (Å²) in [7, 11) is 0. The van der Waals surface area contributed by atoms with Crippen molar-refractivity contribution < 1.29 is 0 Å². The Hall–Kier alpha value is -0.530. The quantitative estimate of drug-likeness (QED) is 0.656. The van der Waals surface area contributed by atoms with Crippen LogP contribution in [0.1, 0.15) is 36.3 Å². The van der Waals surface area contributed by atoms with E-state index in [0.29, 0.717) is 5.92 Å². The van der Waals surface area contributed by atoms with Crippen molar-refractivity contribution in [2.45, 2.75) is 31.6 Å². The van der Waals surface area contributed by atoms with Crippen LogP contribution in [0.2, 0.25) is 10.0 Å². The Morgan fingerprint density at radius 3 is 2.94 bits per heavy atom. The monoisotopic (exact) mass is 253 g/mol. The highest BCUT2D eigenvalue weighted by Gasteiger charge is 2.29. The van der Waals surface area contributed by atoms with Crippen molar-refractivity contribution in [3.63, 3.8) is 0 Å². The van der Waals surface area contributed by atoms with Gasteiger partial charge >= 0.3 is 0 Å². The van der Waals surface area contributed by atoms with E-state index in [2.05, 4.69) is 11.1 Å². The second kappa shape index (κ2) is 4.05. The molecule has 1 aromatic rings. The van der Waals surface area contributed by atoms with Gasteiger partial charge in [0.15, 0.2) is 0 Å². The molecule has 1 aromatic carbocycles. The lowest BCUT2D eigenvalue weighted by atomic mass is 9.77. The average Bonchev–Trinajstić information content (AvgIpc) is 2.28. The Kier molecular flexibility index (Phi) is 2.68. The molecule has 84 valence electrons. The van der Waals surface area contributed by atoms with E-state index in [0.717, 1.165) is 29.4 Å². The molecule has 1 aliphatic carbocycles. The highest BCUT2D eigenvalue weighted by molar-refractivity contribution is 6.35. The molecule has 0 saturated heterocycles. The van der Waals surface area contributed by atoms with E-state index in [9.17, 15) is 0 Å². The van der Waals surface area contributed by atoms with Crippen molar-refractivity contribution in [3.05, 3.63) is 33.3 Å². The first-order valence-corrected chi connectivity index (χ1v) is 6.52. The van der Waals surface area contributed by atoms with Crippen LogP contribution in [0.4, 0.5) is 0 Å². The van der Waals surface area contributed by atoms with Crippen molar-refractivity contribution in [2.24, 2.45) is 4.99 Å². The molecule has 0 N–H and O–H groups in total. The fourth-order valence-electron chi connectivity index (χ4n) is 2.86. The van der Waals surface area contributed by atoms with Crippen LogP contribution >= 0.6 is 23.2 Å². The summed E-state index contributed by atoms with van der Waals surface area (Å²) in [5, 5.41) is 1.57. The van der Waals surface area contributed by atoms with Gasteiger partial charge in [-0.1, -0.05) is 23.2 Å². The molecule has 16 heavy (non-hydrogen) atoms. The van der Waals surface area contributed by atoms with Gasteiger partial charge in [-0.15, -0.1) is 0 Å². The molecule has 0 radical (unpaired) electrons. The molecule has 1 nitrogen and oxygen atoms in total. The van der Waals surface area contributed by atoms with Crippen LogP contribution in [-0.2, 0) is 6.42 Å². The minimum atomic E-state index is 0.460. The smallest absolute Gasteiger partial charge is 0.0462 e. The first-order valence-electron chi connectivity index (χ1n) is 5.77. The molecule has 0 fully saturated rings. The Morgan fingerprint density at radius 1 is 1.19 bits per heavy atom. The number of halogens is 2. The number of benzene rings is 1. The van der Waals surface area contributed by atoms with Crippen molar-refractivity contribution in [3.8, 4) is 0 Å². The molecule has 3 rings (SSSR count). The second-order valence-electron chi connectivity index (χ2n) is 4.53. The largest absolute Gasteiger partial charge is 0.293 e. The van der Waals surface area contributed by atoms with Crippen LogP contribution in [0.25, 0.3) is 0 Å². The maximum absolute atomic E-state index is 6.33. The van der Waals surface area contributed by atoms with Gasteiger partial charge in [-0.05, 0) is 48.9 Å². The van der Waals surface area contributed by atoms with Gasteiger partial charge in [-0.25, -0.2) is 0 Å². The molecule has 1 aliphatic heterocycles. The number of rotatable bonds is 0. The fraction of sp³-hybridized carbons (Fsp3) is 0.462. The SMILES string of the molecule is Clc1cc(Cl)c2c(c1)CCC1=NCCCC12. The van der Waals surface area contributed by atoms with Crippen molar-refractivity contribution in [1.29, 1.82) is 0 Å². The summed E-state index contributed by atoms with van der Waals surface area (Å²) >= 11 is 12.4. The molecule has 0 aromatic heterocycles. The van der Waals surface area contributed by atoms with E-state index in [1.165, 1.54) is 29.7 Å². The molecule has 1 heterocycles. The van der Waals surface area contributed by atoms with E-state index in [-0.39, 0.29) is 0 Å². The van der Waals surface area contributed by atoms with Gasteiger partial charge < -0.3 is 0 Å². The molecular formula is C13H13Cl2N. The highest BCUT2D eigenvalue weighted by Crippen LogP contribution is 2.40. The van der Waals surface area contributed by atoms with Crippen molar-refractivity contribution in [2.75, 3.05) is 6.54 Å². The summed E-state index contributed by atoms with van der Waals surface area (Å²) in [6.07, 6.45) is 4.47. The predicted molar refractivity (Wildman–Crippen MR) is 69.1 cm³/mol. The van der Waals surface area contributed by atoms with E-state index >= 15 is 0 Å². The molecule has 0 saturated carbocycles. The average molecular weight is 254 g/mol. The number of hydrogen-bond acceptors (Lipinski definition) is 1. The van der Waals surface area contributed by atoms with Gasteiger partial charge in [-0.3, -0.25) is 4.99 Å². The molecule has 2 aliphatic rings. The Morgan fingerprint density at radius 2 is 2.06 bits per heavy atom. The first-order chi connectivity index (χ1) is 7.75. The number of nitrogens with zero attached hydrogens (tertiary/aromatic N) is 1. The topological polar surface area (TPSA) is 12.4 Å². The third-order valence-corrected chi connectivity index (χ3v) is 4.08. The fourth-order valence-corrected chi connectivity index (χ4v) is 3.52. The van der Waals surface area contributed by atoms with Gasteiger partial charge in [-0.2, -0.15) is 0 Å². The summed E-state index contributed by atoms with van der Waals surface area (Å²) < 4.78 is 0. The molecular weight excluding hydrogens is 241 g/mol. The minimum Gasteiger partial charge on any atom is -0.293 e. The van der Waals surface area contributed by atoms with Crippen LogP contribution in [0.5, 0.6) is 0 Å². The molecule has 3 heteroatoms. The summed E-state index contributed by atoms with van der Waals surface area (Å²) in [6.45, 7) is 0.992. The summed E-state index contributed by atoms with van der Waals surface area (Å²) in [5.74, 6) is 0.460. The van der Waals surface area contributed by atoms with Gasteiger partial charge in [0.05, 0.1) is 0 Å². The van der Waals surface area contributed by atoms with E-state index in [4.69, 9.17) is 23.2 Å². The summed E-state index contributed by atoms with van der Waals surface area (Å²) in [4.78, 5) is 4.64. The minimum absolute atomic E-state index is 0.460. The predicted octanol–water partition coefficient (Wildman–Crippen LogP) is 4.26.